The van der Waals surface area contributed by atoms with Crippen LogP contribution in [0.15, 0.2) is 24.3 Å². The van der Waals surface area contributed by atoms with Gasteiger partial charge in [0.15, 0.2) is 0 Å². The van der Waals surface area contributed by atoms with Crippen molar-refractivity contribution < 1.29 is 19.4 Å². The zero-order valence-corrected chi connectivity index (χ0v) is 12.5. The van der Waals surface area contributed by atoms with Crippen LogP contribution in [0.25, 0.3) is 0 Å². The van der Waals surface area contributed by atoms with Crippen LogP contribution in [-0.4, -0.2) is 41.1 Å². The van der Waals surface area contributed by atoms with Gasteiger partial charge >= 0.3 is 5.97 Å². The van der Waals surface area contributed by atoms with Gasteiger partial charge in [-0.15, -0.1) is 0 Å². The molecule has 5 nitrogen and oxygen atoms in total. The highest BCUT2D eigenvalue weighted by atomic mass is 16.5. The van der Waals surface area contributed by atoms with Crippen molar-refractivity contribution in [1.82, 2.24) is 4.90 Å². The first-order valence-electron chi connectivity index (χ1n) is 7.88. The summed E-state index contributed by atoms with van der Waals surface area (Å²) in [6, 6.07) is 7.33. The maximum Gasteiger partial charge on any atom is 0.326 e. The Morgan fingerprint density at radius 3 is 2.91 bits per heavy atom. The van der Waals surface area contributed by atoms with E-state index < -0.39 is 12.0 Å². The Morgan fingerprint density at radius 1 is 1.27 bits per heavy atom. The molecule has 2 aliphatic rings. The van der Waals surface area contributed by atoms with Crippen molar-refractivity contribution in [2.24, 2.45) is 0 Å². The fraction of sp³-hybridized carbons (Fsp3) is 0.529. The minimum absolute atomic E-state index is 0.117. The lowest BCUT2D eigenvalue weighted by molar-refractivity contribution is -0.153. The molecule has 1 aromatic rings. The van der Waals surface area contributed by atoms with E-state index in [4.69, 9.17) is 4.74 Å². The van der Waals surface area contributed by atoms with E-state index in [1.54, 1.807) is 0 Å². The number of ether oxygens (including phenoxy) is 1. The molecule has 0 bridgehead atoms. The number of carbonyl (C=O) groups excluding carboxylic acids is 1. The number of carboxylic acids is 1. The van der Waals surface area contributed by atoms with Gasteiger partial charge in [-0.25, -0.2) is 4.79 Å². The van der Waals surface area contributed by atoms with Gasteiger partial charge in [-0.2, -0.15) is 0 Å². The molecule has 2 atom stereocenters. The van der Waals surface area contributed by atoms with Crippen LogP contribution in [0.3, 0.4) is 0 Å². The van der Waals surface area contributed by atoms with Crippen molar-refractivity contribution in [3.63, 3.8) is 0 Å². The first kappa shape index (κ1) is 15.0. The minimum Gasteiger partial charge on any atom is -0.480 e. The largest absolute Gasteiger partial charge is 0.480 e. The third-order valence-corrected chi connectivity index (χ3v) is 4.56. The number of amides is 1. The number of benzene rings is 1. The molecule has 1 N–H and O–H groups in total. The van der Waals surface area contributed by atoms with Crippen molar-refractivity contribution in [3.8, 4) is 0 Å². The van der Waals surface area contributed by atoms with E-state index in [1.807, 2.05) is 18.2 Å². The van der Waals surface area contributed by atoms with Gasteiger partial charge in [0.25, 0.3) is 0 Å². The normalized spacial score (nSPS) is 24.6. The maximum absolute atomic E-state index is 12.6. The molecular weight excluding hydrogens is 282 g/mol. The summed E-state index contributed by atoms with van der Waals surface area (Å²) in [4.78, 5) is 25.4. The number of aliphatic carboxylic acids is 1. The highest BCUT2D eigenvalue weighted by molar-refractivity contribution is 5.84. The summed E-state index contributed by atoms with van der Waals surface area (Å²) < 4.78 is 5.77. The average molecular weight is 303 g/mol. The Hall–Kier alpha value is -1.88. The molecule has 0 spiro atoms. The summed E-state index contributed by atoms with van der Waals surface area (Å²) in [5.74, 6) is -1.02. The third-order valence-electron chi connectivity index (χ3n) is 4.56. The molecule has 0 unspecified atom stereocenters. The number of piperidine rings is 1. The summed E-state index contributed by atoms with van der Waals surface area (Å²) in [6.45, 7) is 1.14. The van der Waals surface area contributed by atoms with Crippen LogP contribution in [0, 0.1) is 0 Å². The Kier molecular flexibility index (Phi) is 4.43. The second-order valence-corrected chi connectivity index (χ2v) is 5.95. The fourth-order valence-corrected chi connectivity index (χ4v) is 3.41. The summed E-state index contributed by atoms with van der Waals surface area (Å²) in [6.07, 6.45) is 3.11. The fourth-order valence-electron chi connectivity index (χ4n) is 3.41. The van der Waals surface area contributed by atoms with E-state index in [-0.39, 0.29) is 18.4 Å². The number of hydrogen-bond donors (Lipinski definition) is 1. The first-order valence-corrected chi connectivity index (χ1v) is 7.88. The molecule has 0 radical (unpaired) electrons. The molecule has 5 heteroatoms. The Bertz CT molecular complexity index is 572. The van der Waals surface area contributed by atoms with Gasteiger partial charge in [-0.05, 0) is 36.8 Å². The Labute approximate surface area is 129 Å². The van der Waals surface area contributed by atoms with Gasteiger partial charge in [-0.3, -0.25) is 4.79 Å². The predicted octanol–water partition coefficient (Wildman–Crippen LogP) is 2.16. The van der Waals surface area contributed by atoms with Gasteiger partial charge in [-0.1, -0.05) is 24.3 Å². The zero-order chi connectivity index (χ0) is 15.5. The van der Waals surface area contributed by atoms with Crippen LogP contribution in [0.1, 0.15) is 42.9 Å². The summed E-state index contributed by atoms with van der Waals surface area (Å²) in [5, 5.41) is 9.30. The minimum atomic E-state index is -0.905. The molecular formula is C17H21NO4. The standard InChI is InChI=1S/C17H21NO4/c19-16(18-9-4-3-7-14(18)17(20)21)11-15-13-6-2-1-5-12(13)8-10-22-15/h1-2,5-6,14-15H,3-4,7-11H2,(H,20,21)/t14-,15+/m1/s1. The van der Waals surface area contributed by atoms with E-state index >= 15 is 0 Å². The number of carbonyl (C=O) groups is 2. The second kappa shape index (κ2) is 6.48. The van der Waals surface area contributed by atoms with Crippen LogP contribution < -0.4 is 0 Å². The lowest BCUT2D eigenvalue weighted by atomic mass is 9.94. The molecule has 1 saturated heterocycles. The number of nitrogens with zero attached hydrogens (tertiary/aromatic N) is 1. The molecule has 1 fully saturated rings. The first-order chi connectivity index (χ1) is 10.7. The monoisotopic (exact) mass is 303 g/mol. The average Bonchev–Trinajstić information content (AvgIpc) is 2.55. The molecule has 1 amide bonds. The van der Waals surface area contributed by atoms with Gasteiger partial charge in [0.1, 0.15) is 6.04 Å². The van der Waals surface area contributed by atoms with E-state index in [0.717, 1.165) is 24.8 Å². The Balaban J connectivity index is 1.73. The molecule has 1 aromatic carbocycles. The number of likely N-dealkylation sites (tertiary alicyclic amines) is 1. The molecule has 2 heterocycles. The molecule has 0 aliphatic carbocycles. The lowest BCUT2D eigenvalue weighted by Gasteiger charge is -2.34. The topological polar surface area (TPSA) is 66.8 Å². The second-order valence-electron chi connectivity index (χ2n) is 5.95. The number of hydrogen-bond acceptors (Lipinski definition) is 3. The molecule has 3 rings (SSSR count). The lowest BCUT2D eigenvalue weighted by Crippen LogP contribution is -2.48. The van der Waals surface area contributed by atoms with Gasteiger partial charge in [0.05, 0.1) is 19.1 Å². The van der Waals surface area contributed by atoms with Crippen molar-refractivity contribution >= 4 is 11.9 Å². The number of fused-ring (bicyclic) bond motifs is 1. The maximum atomic E-state index is 12.6. The summed E-state index contributed by atoms with van der Waals surface area (Å²) >= 11 is 0. The molecule has 22 heavy (non-hydrogen) atoms. The predicted molar refractivity (Wildman–Crippen MR) is 80.4 cm³/mol. The zero-order valence-electron chi connectivity index (χ0n) is 12.5. The van der Waals surface area contributed by atoms with Crippen molar-refractivity contribution in [3.05, 3.63) is 35.4 Å². The van der Waals surface area contributed by atoms with Gasteiger partial charge < -0.3 is 14.7 Å². The third kappa shape index (κ3) is 2.99. The number of rotatable bonds is 3. The molecule has 2 aliphatic heterocycles. The smallest absolute Gasteiger partial charge is 0.326 e. The Morgan fingerprint density at radius 2 is 2.09 bits per heavy atom. The van der Waals surface area contributed by atoms with E-state index in [1.165, 1.54) is 10.5 Å². The SMILES string of the molecule is O=C(O)[C@H]1CCCCN1C(=O)C[C@@H]1OCCc2ccccc21. The van der Waals surface area contributed by atoms with E-state index in [2.05, 4.69) is 6.07 Å². The summed E-state index contributed by atoms with van der Waals surface area (Å²) in [5.41, 5.74) is 2.28. The van der Waals surface area contributed by atoms with Crippen molar-refractivity contribution in [2.75, 3.05) is 13.2 Å². The van der Waals surface area contributed by atoms with Gasteiger partial charge in [0, 0.05) is 6.54 Å². The molecule has 118 valence electrons. The molecule has 0 saturated carbocycles. The van der Waals surface area contributed by atoms with Crippen molar-refractivity contribution in [2.45, 2.75) is 44.2 Å². The number of carboxylic acid groups (broad SMARTS) is 1. The van der Waals surface area contributed by atoms with E-state index in [9.17, 15) is 14.7 Å². The summed E-state index contributed by atoms with van der Waals surface area (Å²) in [7, 11) is 0. The van der Waals surface area contributed by atoms with Crippen LogP contribution in [0.2, 0.25) is 0 Å². The van der Waals surface area contributed by atoms with Gasteiger partial charge in [0.2, 0.25) is 5.91 Å². The molecule has 0 aromatic heterocycles. The van der Waals surface area contributed by atoms with E-state index in [0.29, 0.717) is 19.6 Å². The van der Waals surface area contributed by atoms with Crippen LogP contribution in [0.5, 0.6) is 0 Å². The van der Waals surface area contributed by atoms with Crippen molar-refractivity contribution in [1.29, 1.82) is 0 Å². The van der Waals surface area contributed by atoms with Crippen LogP contribution >= 0.6 is 0 Å². The highest BCUT2D eigenvalue weighted by Crippen LogP contribution is 2.31. The van der Waals surface area contributed by atoms with Crippen LogP contribution in [-0.2, 0) is 20.7 Å². The van der Waals surface area contributed by atoms with Crippen LogP contribution in [0.4, 0.5) is 0 Å². The highest BCUT2D eigenvalue weighted by Gasteiger charge is 2.34. The quantitative estimate of drug-likeness (QED) is 0.929.